The fourth-order valence-electron chi connectivity index (χ4n) is 1.20. The number of aliphatic hydroxyl groups excluding tert-OH is 1. The Morgan fingerprint density at radius 1 is 1.80 bits per heavy atom. The van der Waals surface area contributed by atoms with Crippen LogP contribution in [0.3, 0.4) is 0 Å². The molecular weight excluding hydrogens is 126 g/mol. The van der Waals surface area contributed by atoms with Crippen molar-refractivity contribution >= 4 is 0 Å². The number of nitrogens with one attached hydrogen (secondary N) is 1. The Balaban J connectivity index is 2.44. The van der Waals surface area contributed by atoms with Crippen LogP contribution in [0.15, 0.2) is 11.6 Å². The first-order chi connectivity index (χ1) is 4.84. The van der Waals surface area contributed by atoms with Crippen LogP contribution >= 0.6 is 0 Å². The first kappa shape index (κ1) is 7.76. The molecule has 0 saturated carbocycles. The molecule has 0 fully saturated rings. The van der Waals surface area contributed by atoms with Crippen molar-refractivity contribution in [2.45, 2.75) is 13.3 Å². The summed E-state index contributed by atoms with van der Waals surface area (Å²) in [6.07, 6.45) is 3.28. The maximum Gasteiger partial charge on any atom is 0.0493 e. The first-order valence-electron chi connectivity index (χ1n) is 3.85. The van der Waals surface area contributed by atoms with E-state index in [1.54, 1.807) is 0 Å². The summed E-state index contributed by atoms with van der Waals surface area (Å²) < 4.78 is 0. The fraction of sp³-hybridized carbons (Fsp3) is 0.750. The largest absolute Gasteiger partial charge is 0.396 e. The van der Waals surface area contributed by atoms with Gasteiger partial charge < -0.3 is 10.4 Å². The monoisotopic (exact) mass is 141 g/mol. The molecule has 0 aromatic carbocycles. The molecule has 0 bridgehead atoms. The van der Waals surface area contributed by atoms with Crippen molar-refractivity contribution in [1.29, 1.82) is 0 Å². The fourth-order valence-corrected chi connectivity index (χ4v) is 1.20. The Morgan fingerprint density at radius 2 is 2.60 bits per heavy atom. The predicted octanol–water partition coefficient (Wildman–Crippen LogP) is 0.534. The van der Waals surface area contributed by atoms with Gasteiger partial charge in [-0.05, 0) is 13.0 Å². The second kappa shape index (κ2) is 3.74. The normalized spacial score (nSPS) is 22.0. The highest BCUT2D eigenvalue weighted by atomic mass is 16.3. The van der Waals surface area contributed by atoms with Crippen LogP contribution in [0.4, 0.5) is 0 Å². The lowest BCUT2D eigenvalue weighted by atomic mass is 9.97. The SMILES string of the molecule is CC(CO)C1=CCNCC1. The first-order valence-corrected chi connectivity index (χ1v) is 3.85. The summed E-state index contributed by atoms with van der Waals surface area (Å²) in [5.74, 6) is 0.363. The lowest BCUT2D eigenvalue weighted by Crippen LogP contribution is -2.23. The maximum absolute atomic E-state index is 8.83. The molecule has 1 rings (SSSR count). The van der Waals surface area contributed by atoms with Crippen LogP contribution in [0.1, 0.15) is 13.3 Å². The van der Waals surface area contributed by atoms with E-state index in [0.717, 1.165) is 19.5 Å². The van der Waals surface area contributed by atoms with Gasteiger partial charge >= 0.3 is 0 Å². The van der Waals surface area contributed by atoms with Crippen LogP contribution in [-0.2, 0) is 0 Å². The summed E-state index contributed by atoms with van der Waals surface area (Å²) >= 11 is 0. The second-order valence-corrected chi connectivity index (χ2v) is 2.82. The Bertz CT molecular complexity index is 131. The van der Waals surface area contributed by atoms with E-state index in [1.165, 1.54) is 5.57 Å². The molecule has 1 atom stereocenters. The lowest BCUT2D eigenvalue weighted by molar-refractivity contribution is 0.252. The molecule has 1 aliphatic heterocycles. The van der Waals surface area contributed by atoms with E-state index in [4.69, 9.17) is 5.11 Å². The average Bonchev–Trinajstić information content (AvgIpc) is 2.05. The van der Waals surface area contributed by atoms with E-state index in [-0.39, 0.29) is 6.61 Å². The molecule has 0 radical (unpaired) electrons. The minimum Gasteiger partial charge on any atom is -0.396 e. The molecule has 2 heteroatoms. The van der Waals surface area contributed by atoms with E-state index in [9.17, 15) is 0 Å². The van der Waals surface area contributed by atoms with Crippen molar-refractivity contribution in [2.75, 3.05) is 19.7 Å². The van der Waals surface area contributed by atoms with Crippen LogP contribution in [-0.4, -0.2) is 24.8 Å². The summed E-state index contributed by atoms with van der Waals surface area (Å²) in [4.78, 5) is 0. The molecule has 2 N–H and O–H groups in total. The molecule has 2 nitrogen and oxygen atoms in total. The highest BCUT2D eigenvalue weighted by Gasteiger charge is 2.08. The predicted molar refractivity (Wildman–Crippen MR) is 41.8 cm³/mol. The molecule has 0 aliphatic carbocycles. The van der Waals surface area contributed by atoms with Crippen molar-refractivity contribution in [3.63, 3.8) is 0 Å². The van der Waals surface area contributed by atoms with Gasteiger partial charge in [0.05, 0.1) is 0 Å². The van der Waals surface area contributed by atoms with Crippen LogP contribution in [0, 0.1) is 5.92 Å². The van der Waals surface area contributed by atoms with E-state index >= 15 is 0 Å². The van der Waals surface area contributed by atoms with Gasteiger partial charge in [-0.2, -0.15) is 0 Å². The standard InChI is InChI=1S/C8H15NO/c1-7(6-10)8-2-4-9-5-3-8/h2,7,9-10H,3-6H2,1H3. The third-order valence-electron chi connectivity index (χ3n) is 2.01. The molecule has 0 aromatic heterocycles. The third-order valence-corrected chi connectivity index (χ3v) is 2.01. The molecular formula is C8H15NO. The molecule has 1 unspecified atom stereocenters. The second-order valence-electron chi connectivity index (χ2n) is 2.82. The zero-order valence-corrected chi connectivity index (χ0v) is 6.43. The molecule has 1 heterocycles. The summed E-state index contributed by atoms with van der Waals surface area (Å²) in [6.45, 7) is 4.39. The molecule has 10 heavy (non-hydrogen) atoms. The highest BCUT2D eigenvalue weighted by Crippen LogP contribution is 2.14. The number of hydrogen-bond donors (Lipinski definition) is 2. The van der Waals surface area contributed by atoms with E-state index in [2.05, 4.69) is 18.3 Å². The Morgan fingerprint density at radius 3 is 3.10 bits per heavy atom. The zero-order chi connectivity index (χ0) is 7.40. The van der Waals surface area contributed by atoms with Gasteiger partial charge in [0.15, 0.2) is 0 Å². The Labute approximate surface area is 61.9 Å². The van der Waals surface area contributed by atoms with Gasteiger partial charge in [-0.15, -0.1) is 0 Å². The molecule has 58 valence electrons. The van der Waals surface area contributed by atoms with Gasteiger partial charge in [-0.3, -0.25) is 0 Å². The molecule has 0 aromatic rings. The summed E-state index contributed by atoms with van der Waals surface area (Å²) in [5.41, 5.74) is 1.40. The molecule has 1 aliphatic rings. The summed E-state index contributed by atoms with van der Waals surface area (Å²) in [6, 6.07) is 0. The smallest absolute Gasteiger partial charge is 0.0493 e. The van der Waals surface area contributed by atoms with E-state index in [1.807, 2.05) is 0 Å². The number of hydrogen-bond acceptors (Lipinski definition) is 2. The average molecular weight is 141 g/mol. The Kier molecular flexibility index (Phi) is 2.90. The molecule has 0 saturated heterocycles. The quantitative estimate of drug-likeness (QED) is 0.550. The van der Waals surface area contributed by atoms with Crippen LogP contribution < -0.4 is 5.32 Å². The molecule has 0 amide bonds. The Hall–Kier alpha value is -0.340. The van der Waals surface area contributed by atoms with Gasteiger partial charge in [0.25, 0.3) is 0 Å². The van der Waals surface area contributed by atoms with Gasteiger partial charge in [0.2, 0.25) is 0 Å². The van der Waals surface area contributed by atoms with Crippen LogP contribution in [0.25, 0.3) is 0 Å². The zero-order valence-electron chi connectivity index (χ0n) is 6.43. The summed E-state index contributed by atoms with van der Waals surface area (Å²) in [7, 11) is 0. The van der Waals surface area contributed by atoms with Crippen molar-refractivity contribution in [2.24, 2.45) is 5.92 Å². The maximum atomic E-state index is 8.83. The third kappa shape index (κ3) is 1.82. The molecule has 0 spiro atoms. The van der Waals surface area contributed by atoms with Crippen LogP contribution in [0.2, 0.25) is 0 Å². The van der Waals surface area contributed by atoms with Gasteiger partial charge in [0, 0.05) is 19.1 Å². The van der Waals surface area contributed by atoms with E-state index < -0.39 is 0 Å². The van der Waals surface area contributed by atoms with Gasteiger partial charge in [-0.25, -0.2) is 0 Å². The topological polar surface area (TPSA) is 32.3 Å². The minimum absolute atomic E-state index is 0.284. The van der Waals surface area contributed by atoms with Gasteiger partial charge in [-0.1, -0.05) is 18.6 Å². The summed E-state index contributed by atoms with van der Waals surface area (Å²) in [5, 5.41) is 12.1. The highest BCUT2D eigenvalue weighted by molar-refractivity contribution is 5.09. The minimum atomic E-state index is 0.284. The van der Waals surface area contributed by atoms with Gasteiger partial charge in [0.1, 0.15) is 0 Å². The van der Waals surface area contributed by atoms with Crippen molar-refractivity contribution in [1.82, 2.24) is 5.32 Å². The lowest BCUT2D eigenvalue weighted by Gasteiger charge is -2.18. The number of aliphatic hydroxyl groups is 1. The van der Waals surface area contributed by atoms with Crippen molar-refractivity contribution < 1.29 is 5.11 Å². The van der Waals surface area contributed by atoms with E-state index in [0.29, 0.717) is 5.92 Å². The number of rotatable bonds is 2. The van der Waals surface area contributed by atoms with Crippen molar-refractivity contribution in [3.8, 4) is 0 Å². The van der Waals surface area contributed by atoms with Crippen LogP contribution in [0.5, 0.6) is 0 Å². The van der Waals surface area contributed by atoms with Crippen molar-refractivity contribution in [3.05, 3.63) is 11.6 Å².